The zero-order valence-corrected chi connectivity index (χ0v) is 15.3. The zero-order chi connectivity index (χ0) is 21.6. The highest BCUT2D eigenvalue weighted by Gasteiger charge is 2.73. The summed E-state index contributed by atoms with van der Waals surface area (Å²) in [5.74, 6) is -0.963. The third-order valence-electron chi connectivity index (χ3n) is 5.93. The fourth-order valence-corrected chi connectivity index (χ4v) is 4.56. The number of benzene rings is 1. The van der Waals surface area contributed by atoms with E-state index in [1.54, 1.807) is 0 Å². The monoisotopic (exact) mass is 427 g/mol. The van der Waals surface area contributed by atoms with Gasteiger partial charge in [0.2, 0.25) is 0 Å². The second-order valence-electron chi connectivity index (χ2n) is 7.60. The molecule has 0 radical (unpaired) electrons. The van der Waals surface area contributed by atoms with Crippen molar-refractivity contribution in [2.24, 2.45) is 0 Å². The Hall–Kier alpha value is -1.84. The molecule has 1 aliphatic carbocycles. The largest absolute Gasteiger partial charge is 0.481 e. The highest BCUT2D eigenvalue weighted by Crippen LogP contribution is 2.54. The molecule has 1 heterocycles. The van der Waals surface area contributed by atoms with Crippen LogP contribution in [0.25, 0.3) is 0 Å². The van der Waals surface area contributed by atoms with E-state index in [1.807, 2.05) is 0 Å². The average molecular weight is 427 g/mol. The van der Waals surface area contributed by atoms with Gasteiger partial charge in [0.15, 0.2) is 0 Å². The summed E-state index contributed by atoms with van der Waals surface area (Å²) in [6, 6.07) is 2.55. The highest BCUT2D eigenvalue weighted by atomic mass is 19.4. The van der Waals surface area contributed by atoms with E-state index < -0.39 is 29.6 Å². The normalized spacial score (nSPS) is 23.0. The van der Waals surface area contributed by atoms with Gasteiger partial charge < -0.3 is 5.11 Å². The molecule has 1 aromatic carbocycles. The number of alkyl halides is 7. The summed E-state index contributed by atoms with van der Waals surface area (Å²) in [6.07, 6.45) is -10.3. The van der Waals surface area contributed by atoms with Crippen molar-refractivity contribution in [3.8, 4) is 0 Å². The lowest BCUT2D eigenvalue weighted by atomic mass is 9.77. The quantitative estimate of drug-likeness (QED) is 0.677. The Morgan fingerprint density at radius 1 is 1.07 bits per heavy atom. The molecular weight excluding hydrogens is 407 g/mol. The predicted octanol–water partition coefficient (Wildman–Crippen LogP) is 4.94. The van der Waals surface area contributed by atoms with E-state index in [0.29, 0.717) is 55.6 Å². The number of nitrogens with zero attached hydrogens (tertiary/aromatic N) is 1. The summed E-state index contributed by atoms with van der Waals surface area (Å²) < 4.78 is 92.4. The van der Waals surface area contributed by atoms with E-state index in [9.17, 15) is 35.5 Å². The number of halogens is 7. The molecule has 1 N–H and O–H groups in total. The van der Waals surface area contributed by atoms with Crippen LogP contribution in [-0.4, -0.2) is 47.5 Å². The van der Waals surface area contributed by atoms with Gasteiger partial charge in [-0.2, -0.15) is 26.3 Å². The van der Waals surface area contributed by atoms with Gasteiger partial charge in [-0.15, -0.1) is 0 Å². The molecule has 1 saturated heterocycles. The molecule has 0 spiro atoms. The summed E-state index contributed by atoms with van der Waals surface area (Å²) in [5.41, 5.74) is -5.89. The van der Waals surface area contributed by atoms with Crippen LogP contribution in [0.5, 0.6) is 0 Å². The lowest BCUT2D eigenvalue weighted by Crippen LogP contribution is -2.50. The Morgan fingerprint density at radius 2 is 1.72 bits per heavy atom. The standard InChI is InChI=1S/C19H20F7NO2/c20-17(18(21,22)23,19(24,25)26)12-4-5-13-11(10-12)3-6-15-14(13)7-9-27(15)8-1-2-16(28)29/h4-5,10,14-15H,1-3,6-9H2,(H,28,29)/t14-,15?/m0/s1. The van der Waals surface area contributed by atoms with Gasteiger partial charge in [-0.05, 0) is 49.9 Å². The Labute approximate surface area is 162 Å². The SMILES string of the molecule is O=C(O)CCCN1CC[C@H]2c3ccc(C(F)(C(F)(F)F)C(F)(F)F)cc3CCC21. The Balaban J connectivity index is 1.85. The van der Waals surface area contributed by atoms with Gasteiger partial charge in [0.05, 0.1) is 0 Å². The van der Waals surface area contributed by atoms with Gasteiger partial charge in [0.1, 0.15) is 0 Å². The molecule has 0 bridgehead atoms. The summed E-state index contributed by atoms with van der Waals surface area (Å²) in [5, 5.41) is 8.75. The van der Waals surface area contributed by atoms with Gasteiger partial charge in [0, 0.05) is 23.9 Å². The minimum Gasteiger partial charge on any atom is -0.481 e. The number of likely N-dealkylation sites (tertiary alicyclic amines) is 1. The Bertz CT molecular complexity index is 761. The second-order valence-corrected chi connectivity index (χ2v) is 7.60. The van der Waals surface area contributed by atoms with Crippen molar-refractivity contribution >= 4 is 5.97 Å². The number of carboxylic acid groups (broad SMARTS) is 1. The number of aryl methyl sites for hydroxylation is 1. The molecule has 2 aliphatic rings. The number of carbonyl (C=O) groups is 1. The molecule has 1 aliphatic heterocycles. The van der Waals surface area contributed by atoms with Gasteiger partial charge in [-0.1, -0.05) is 18.2 Å². The minimum atomic E-state index is -6.12. The summed E-state index contributed by atoms with van der Waals surface area (Å²) in [6.45, 7) is 1.24. The minimum absolute atomic E-state index is 0.0291. The smallest absolute Gasteiger partial charge is 0.435 e. The molecular formula is C19H20F7NO2. The fourth-order valence-electron chi connectivity index (χ4n) is 4.56. The van der Waals surface area contributed by atoms with Crippen LogP contribution in [0.15, 0.2) is 18.2 Å². The number of carboxylic acids is 1. The summed E-state index contributed by atoms with van der Waals surface area (Å²) >= 11 is 0. The maximum atomic E-state index is 14.3. The lowest BCUT2D eigenvalue weighted by Gasteiger charge is -2.35. The lowest BCUT2D eigenvalue weighted by molar-refractivity contribution is -0.348. The van der Waals surface area contributed by atoms with Gasteiger partial charge in [-0.25, -0.2) is 4.39 Å². The van der Waals surface area contributed by atoms with E-state index in [4.69, 9.17) is 5.11 Å². The maximum absolute atomic E-state index is 14.3. The molecule has 10 heteroatoms. The number of rotatable bonds is 5. The molecule has 1 unspecified atom stereocenters. The Morgan fingerprint density at radius 3 is 2.31 bits per heavy atom. The van der Waals surface area contributed by atoms with Crippen LogP contribution in [0.2, 0.25) is 0 Å². The highest BCUT2D eigenvalue weighted by molar-refractivity contribution is 5.66. The maximum Gasteiger partial charge on any atom is 0.435 e. The molecule has 0 aromatic heterocycles. The molecule has 3 nitrogen and oxygen atoms in total. The van der Waals surface area contributed by atoms with Crippen molar-refractivity contribution in [2.45, 2.75) is 62.1 Å². The number of hydrogen-bond acceptors (Lipinski definition) is 2. The molecule has 162 valence electrons. The van der Waals surface area contributed by atoms with Crippen molar-refractivity contribution in [1.82, 2.24) is 4.90 Å². The van der Waals surface area contributed by atoms with E-state index in [1.165, 1.54) is 6.07 Å². The summed E-state index contributed by atoms with van der Waals surface area (Å²) in [7, 11) is 0. The first-order valence-electron chi connectivity index (χ1n) is 9.27. The van der Waals surface area contributed by atoms with E-state index in [2.05, 4.69) is 4.90 Å². The fraction of sp³-hybridized carbons (Fsp3) is 0.632. The van der Waals surface area contributed by atoms with E-state index in [0.717, 1.165) is 0 Å². The third-order valence-corrected chi connectivity index (χ3v) is 5.93. The topological polar surface area (TPSA) is 40.5 Å². The van der Waals surface area contributed by atoms with Crippen molar-refractivity contribution < 1.29 is 40.6 Å². The predicted molar refractivity (Wildman–Crippen MR) is 89.2 cm³/mol. The van der Waals surface area contributed by atoms with Crippen LogP contribution in [0.4, 0.5) is 30.7 Å². The molecule has 3 rings (SSSR count). The van der Waals surface area contributed by atoms with Gasteiger partial charge in [0.25, 0.3) is 0 Å². The van der Waals surface area contributed by atoms with Crippen molar-refractivity contribution in [3.63, 3.8) is 0 Å². The third kappa shape index (κ3) is 3.83. The van der Waals surface area contributed by atoms with E-state index >= 15 is 0 Å². The van der Waals surface area contributed by atoms with Crippen LogP contribution in [0.1, 0.15) is 48.3 Å². The van der Waals surface area contributed by atoms with Crippen molar-refractivity contribution in [1.29, 1.82) is 0 Å². The number of aliphatic carboxylic acids is 1. The second kappa shape index (κ2) is 7.45. The summed E-state index contributed by atoms with van der Waals surface area (Å²) in [4.78, 5) is 12.8. The van der Waals surface area contributed by atoms with Crippen LogP contribution in [0, 0.1) is 0 Å². The first-order valence-corrected chi connectivity index (χ1v) is 9.27. The molecule has 0 saturated carbocycles. The average Bonchev–Trinajstić information content (AvgIpc) is 3.01. The zero-order valence-electron chi connectivity index (χ0n) is 15.3. The molecule has 0 amide bonds. The van der Waals surface area contributed by atoms with Crippen molar-refractivity contribution in [2.75, 3.05) is 13.1 Å². The van der Waals surface area contributed by atoms with Crippen molar-refractivity contribution in [3.05, 3.63) is 34.9 Å². The molecule has 1 fully saturated rings. The van der Waals surface area contributed by atoms with Crippen LogP contribution in [-0.2, 0) is 16.9 Å². The van der Waals surface area contributed by atoms with E-state index in [-0.39, 0.29) is 24.8 Å². The molecule has 1 aromatic rings. The number of fused-ring (bicyclic) bond motifs is 3. The number of hydrogen-bond donors (Lipinski definition) is 1. The van der Waals surface area contributed by atoms with Crippen LogP contribution in [0.3, 0.4) is 0 Å². The molecule has 2 atom stereocenters. The van der Waals surface area contributed by atoms with Gasteiger partial charge in [-0.3, -0.25) is 9.69 Å². The van der Waals surface area contributed by atoms with Crippen LogP contribution >= 0.6 is 0 Å². The Kier molecular flexibility index (Phi) is 5.61. The first kappa shape index (κ1) is 21.9. The molecule has 29 heavy (non-hydrogen) atoms. The first-order chi connectivity index (χ1) is 13.4. The van der Waals surface area contributed by atoms with Gasteiger partial charge >= 0.3 is 24.0 Å². The van der Waals surface area contributed by atoms with Crippen LogP contribution < -0.4 is 0 Å².